The zero-order valence-electron chi connectivity index (χ0n) is 8.12. The number of rotatable bonds is 0. The molecule has 0 bridgehead atoms. The second-order valence-electron chi connectivity index (χ2n) is 4.20. The number of piperidine rings is 1. The minimum absolute atomic E-state index is 0.0800. The van der Waals surface area contributed by atoms with Crippen LogP contribution in [0.15, 0.2) is 18.5 Å². The van der Waals surface area contributed by atoms with Crippen LogP contribution in [-0.2, 0) is 6.42 Å². The van der Waals surface area contributed by atoms with Gasteiger partial charge in [0.1, 0.15) is 11.4 Å². The molecule has 0 aliphatic carbocycles. The molecule has 2 aliphatic heterocycles. The lowest BCUT2D eigenvalue weighted by atomic mass is 9.88. The van der Waals surface area contributed by atoms with Crippen molar-refractivity contribution in [2.75, 3.05) is 13.1 Å². The van der Waals surface area contributed by atoms with Gasteiger partial charge in [-0.3, -0.25) is 4.98 Å². The van der Waals surface area contributed by atoms with E-state index < -0.39 is 0 Å². The predicted molar refractivity (Wildman–Crippen MR) is 53.4 cm³/mol. The molecule has 1 N–H and O–H groups in total. The van der Waals surface area contributed by atoms with Crippen LogP contribution in [0.25, 0.3) is 0 Å². The Labute approximate surface area is 83.5 Å². The average Bonchev–Trinajstić information content (AvgIpc) is 2.56. The summed E-state index contributed by atoms with van der Waals surface area (Å²) in [4.78, 5) is 4.14. The van der Waals surface area contributed by atoms with E-state index in [0.29, 0.717) is 0 Å². The maximum Gasteiger partial charge on any atom is 0.126 e. The monoisotopic (exact) mass is 190 g/mol. The van der Waals surface area contributed by atoms with Gasteiger partial charge in [0, 0.05) is 24.4 Å². The molecular weight excluding hydrogens is 176 g/mol. The molecule has 3 rings (SSSR count). The molecule has 1 aromatic heterocycles. The zero-order valence-corrected chi connectivity index (χ0v) is 8.12. The van der Waals surface area contributed by atoms with Crippen LogP contribution >= 0.6 is 0 Å². The van der Waals surface area contributed by atoms with Gasteiger partial charge in [-0.25, -0.2) is 0 Å². The number of hydrogen-bond donors (Lipinski definition) is 1. The summed E-state index contributed by atoms with van der Waals surface area (Å²) in [7, 11) is 0. The molecule has 0 aromatic carbocycles. The molecule has 14 heavy (non-hydrogen) atoms. The number of nitrogens with zero attached hydrogens (tertiary/aromatic N) is 1. The van der Waals surface area contributed by atoms with Gasteiger partial charge in [0.25, 0.3) is 0 Å². The Morgan fingerprint density at radius 1 is 1.36 bits per heavy atom. The fourth-order valence-corrected chi connectivity index (χ4v) is 2.42. The van der Waals surface area contributed by atoms with Crippen LogP contribution in [0, 0.1) is 0 Å². The van der Waals surface area contributed by atoms with Gasteiger partial charge in [-0.05, 0) is 32.0 Å². The Bertz CT molecular complexity index is 318. The minimum Gasteiger partial charge on any atom is -0.486 e. The normalized spacial score (nSPS) is 23.1. The van der Waals surface area contributed by atoms with Crippen molar-refractivity contribution in [2.45, 2.75) is 24.9 Å². The lowest BCUT2D eigenvalue weighted by Crippen LogP contribution is -2.45. The molecule has 0 amide bonds. The van der Waals surface area contributed by atoms with Gasteiger partial charge in [-0.2, -0.15) is 0 Å². The molecule has 1 spiro atoms. The highest BCUT2D eigenvalue weighted by atomic mass is 16.5. The van der Waals surface area contributed by atoms with E-state index in [4.69, 9.17) is 4.74 Å². The van der Waals surface area contributed by atoms with Crippen molar-refractivity contribution in [1.29, 1.82) is 0 Å². The maximum absolute atomic E-state index is 6.06. The summed E-state index contributed by atoms with van der Waals surface area (Å²) in [6.45, 7) is 2.14. The van der Waals surface area contributed by atoms with Crippen LogP contribution in [0.1, 0.15) is 18.4 Å². The van der Waals surface area contributed by atoms with Gasteiger partial charge in [0.2, 0.25) is 0 Å². The number of hydrogen-bond acceptors (Lipinski definition) is 3. The fraction of sp³-hybridized carbons (Fsp3) is 0.545. The molecule has 1 fully saturated rings. The largest absolute Gasteiger partial charge is 0.486 e. The van der Waals surface area contributed by atoms with Crippen LogP contribution in [0.4, 0.5) is 0 Å². The number of aromatic nitrogens is 1. The van der Waals surface area contributed by atoms with E-state index >= 15 is 0 Å². The van der Waals surface area contributed by atoms with Gasteiger partial charge in [0.15, 0.2) is 0 Å². The highest BCUT2D eigenvalue weighted by Gasteiger charge is 2.40. The third-order valence-electron chi connectivity index (χ3n) is 3.21. The van der Waals surface area contributed by atoms with Crippen molar-refractivity contribution in [2.24, 2.45) is 0 Å². The molecule has 0 radical (unpaired) electrons. The third-order valence-corrected chi connectivity index (χ3v) is 3.21. The van der Waals surface area contributed by atoms with E-state index in [1.165, 1.54) is 5.56 Å². The molecule has 0 unspecified atom stereocenters. The van der Waals surface area contributed by atoms with Gasteiger partial charge >= 0.3 is 0 Å². The minimum atomic E-state index is 0.0800. The summed E-state index contributed by atoms with van der Waals surface area (Å²) in [5.41, 5.74) is 1.35. The smallest absolute Gasteiger partial charge is 0.126 e. The van der Waals surface area contributed by atoms with E-state index in [1.54, 1.807) is 6.20 Å². The Morgan fingerprint density at radius 3 is 3.00 bits per heavy atom. The van der Waals surface area contributed by atoms with Crippen molar-refractivity contribution in [3.05, 3.63) is 24.0 Å². The molecule has 2 aliphatic rings. The van der Waals surface area contributed by atoms with Gasteiger partial charge in [0.05, 0.1) is 0 Å². The lowest BCUT2D eigenvalue weighted by Gasteiger charge is -2.33. The van der Waals surface area contributed by atoms with Gasteiger partial charge < -0.3 is 10.1 Å². The molecule has 3 heteroatoms. The van der Waals surface area contributed by atoms with E-state index in [2.05, 4.69) is 10.3 Å². The first-order chi connectivity index (χ1) is 6.88. The van der Waals surface area contributed by atoms with Crippen molar-refractivity contribution in [3.8, 4) is 5.75 Å². The van der Waals surface area contributed by atoms with Crippen molar-refractivity contribution in [3.63, 3.8) is 0 Å². The number of ether oxygens (including phenoxy) is 1. The summed E-state index contributed by atoms with van der Waals surface area (Å²) in [6.07, 6.45) is 7.01. The Hall–Kier alpha value is -1.09. The molecule has 0 atom stereocenters. The first-order valence-electron chi connectivity index (χ1n) is 5.21. The zero-order chi connectivity index (χ0) is 9.43. The van der Waals surface area contributed by atoms with E-state index in [0.717, 1.165) is 38.1 Å². The maximum atomic E-state index is 6.06. The number of fused-ring (bicyclic) bond motifs is 1. The molecule has 0 saturated carbocycles. The second-order valence-corrected chi connectivity index (χ2v) is 4.20. The first-order valence-corrected chi connectivity index (χ1v) is 5.21. The first kappa shape index (κ1) is 8.24. The summed E-state index contributed by atoms with van der Waals surface area (Å²) < 4.78 is 6.06. The van der Waals surface area contributed by atoms with E-state index in [9.17, 15) is 0 Å². The summed E-state index contributed by atoms with van der Waals surface area (Å²) >= 11 is 0. The third kappa shape index (κ3) is 1.20. The van der Waals surface area contributed by atoms with E-state index in [1.807, 2.05) is 12.3 Å². The van der Waals surface area contributed by atoms with Crippen LogP contribution in [0.2, 0.25) is 0 Å². The van der Waals surface area contributed by atoms with Gasteiger partial charge in [-0.1, -0.05) is 0 Å². The standard InChI is InChI=1S/C11H14N2O/c1-4-13-8-9-7-11(14-10(1)9)2-5-12-6-3-11/h1,4,8,12H,2-3,5-7H2. The topological polar surface area (TPSA) is 34.2 Å². The van der Waals surface area contributed by atoms with Crippen molar-refractivity contribution >= 4 is 0 Å². The van der Waals surface area contributed by atoms with Crippen LogP contribution in [0.5, 0.6) is 5.75 Å². The van der Waals surface area contributed by atoms with Crippen LogP contribution in [0.3, 0.4) is 0 Å². The number of pyridine rings is 1. The Balaban J connectivity index is 1.89. The molecule has 1 saturated heterocycles. The number of nitrogens with one attached hydrogen (secondary N) is 1. The average molecular weight is 190 g/mol. The van der Waals surface area contributed by atoms with Crippen molar-refractivity contribution in [1.82, 2.24) is 10.3 Å². The molecule has 3 nitrogen and oxygen atoms in total. The summed E-state index contributed by atoms with van der Waals surface area (Å²) in [5, 5.41) is 3.37. The highest BCUT2D eigenvalue weighted by Crippen LogP contribution is 2.38. The van der Waals surface area contributed by atoms with Crippen LogP contribution in [-0.4, -0.2) is 23.7 Å². The van der Waals surface area contributed by atoms with E-state index in [-0.39, 0.29) is 5.60 Å². The highest BCUT2D eigenvalue weighted by molar-refractivity contribution is 5.36. The SMILES string of the molecule is c1cc2c(cn1)CC1(CCNCC1)O2. The molecule has 74 valence electrons. The fourth-order valence-electron chi connectivity index (χ4n) is 2.42. The van der Waals surface area contributed by atoms with Crippen LogP contribution < -0.4 is 10.1 Å². The lowest BCUT2D eigenvalue weighted by molar-refractivity contribution is 0.0600. The Kier molecular flexibility index (Phi) is 1.74. The molecule has 1 aromatic rings. The molecular formula is C11H14N2O. The quantitative estimate of drug-likeness (QED) is 0.666. The van der Waals surface area contributed by atoms with Crippen molar-refractivity contribution < 1.29 is 4.74 Å². The molecule has 3 heterocycles. The predicted octanol–water partition coefficient (Wildman–Crippen LogP) is 1.14. The van der Waals surface area contributed by atoms with Gasteiger partial charge in [-0.15, -0.1) is 0 Å². The second kappa shape index (κ2) is 2.95. The summed E-state index contributed by atoms with van der Waals surface area (Å²) in [5.74, 6) is 1.04. The Morgan fingerprint density at radius 2 is 2.21 bits per heavy atom. The summed E-state index contributed by atoms with van der Waals surface area (Å²) in [6, 6.07) is 1.98.